The van der Waals surface area contributed by atoms with Crippen LogP contribution in [0.25, 0.3) is 11.0 Å². The maximum atomic E-state index is 13.0. The van der Waals surface area contributed by atoms with E-state index in [0.29, 0.717) is 29.2 Å². The quantitative estimate of drug-likeness (QED) is 0.337. The number of aryl methyl sites for hydroxylation is 1. The molecular formula is C26H32N2O5. The highest BCUT2D eigenvalue weighted by Crippen LogP contribution is 2.33. The number of amides is 1. The van der Waals surface area contributed by atoms with Gasteiger partial charge in [-0.15, -0.1) is 0 Å². The van der Waals surface area contributed by atoms with Gasteiger partial charge >= 0.3 is 5.97 Å². The Kier molecular flexibility index (Phi) is 7.76. The highest BCUT2D eigenvalue weighted by molar-refractivity contribution is 6.09. The number of carbonyl (C=O) groups excluding carboxylic acids is 2. The maximum Gasteiger partial charge on any atom is 0.340 e. The number of anilines is 1. The van der Waals surface area contributed by atoms with Gasteiger partial charge in [-0.1, -0.05) is 18.2 Å². The number of fused-ring (bicyclic) bond motifs is 1. The maximum absolute atomic E-state index is 13.0. The molecule has 0 bridgehead atoms. The normalized spacial score (nSPS) is 11.4. The number of furan rings is 1. The molecular weight excluding hydrogens is 420 g/mol. The smallest absolute Gasteiger partial charge is 0.340 e. The van der Waals surface area contributed by atoms with E-state index in [9.17, 15) is 9.59 Å². The van der Waals surface area contributed by atoms with Crippen LogP contribution in [0.4, 0.5) is 5.69 Å². The monoisotopic (exact) mass is 452 g/mol. The molecule has 0 saturated heterocycles. The fourth-order valence-corrected chi connectivity index (χ4v) is 3.48. The fraction of sp³-hybridized carbons (Fsp3) is 0.385. The van der Waals surface area contributed by atoms with Gasteiger partial charge in [-0.3, -0.25) is 4.79 Å². The van der Waals surface area contributed by atoms with Crippen molar-refractivity contribution in [3.05, 3.63) is 59.4 Å². The molecule has 2 aromatic carbocycles. The standard InChI is InChI=1S/C26H32N2O5/c1-6-31-25(30)18-11-7-8-12-19(18)28-24(29)23-17(2)22-20(13-9-14-21(22)33-23)32-16-10-15-27-26(3,4)5/h7-9,11-14,27H,6,10,15-16H2,1-5H3,(H,28,29). The highest BCUT2D eigenvalue weighted by Gasteiger charge is 2.22. The van der Waals surface area contributed by atoms with Crippen LogP contribution in [0.2, 0.25) is 0 Å². The average Bonchev–Trinajstić information content (AvgIpc) is 3.10. The minimum Gasteiger partial charge on any atom is -0.493 e. The van der Waals surface area contributed by atoms with E-state index >= 15 is 0 Å². The van der Waals surface area contributed by atoms with Gasteiger partial charge in [-0.05, 0) is 71.8 Å². The third kappa shape index (κ3) is 6.14. The molecule has 176 valence electrons. The lowest BCUT2D eigenvalue weighted by Crippen LogP contribution is -2.36. The van der Waals surface area contributed by atoms with Crippen LogP contribution < -0.4 is 15.4 Å². The summed E-state index contributed by atoms with van der Waals surface area (Å²) in [6.07, 6.45) is 0.850. The Morgan fingerprint density at radius 1 is 1.06 bits per heavy atom. The molecule has 0 radical (unpaired) electrons. The molecule has 0 fully saturated rings. The van der Waals surface area contributed by atoms with Crippen LogP contribution in [0.3, 0.4) is 0 Å². The van der Waals surface area contributed by atoms with Gasteiger partial charge in [0.25, 0.3) is 5.91 Å². The molecule has 33 heavy (non-hydrogen) atoms. The minimum absolute atomic E-state index is 0.0648. The topological polar surface area (TPSA) is 89.8 Å². The average molecular weight is 453 g/mol. The van der Waals surface area contributed by atoms with Crippen molar-refractivity contribution in [3.63, 3.8) is 0 Å². The zero-order valence-corrected chi connectivity index (χ0v) is 19.9. The molecule has 1 heterocycles. The molecule has 7 nitrogen and oxygen atoms in total. The zero-order chi connectivity index (χ0) is 24.0. The molecule has 3 rings (SSSR count). The number of hydrogen-bond donors (Lipinski definition) is 2. The predicted octanol–water partition coefficient (Wildman–Crippen LogP) is 5.33. The summed E-state index contributed by atoms with van der Waals surface area (Å²) in [5.74, 6) is -0.0864. The third-order valence-corrected chi connectivity index (χ3v) is 5.03. The van der Waals surface area contributed by atoms with Gasteiger partial charge in [-0.2, -0.15) is 0 Å². The van der Waals surface area contributed by atoms with Crippen molar-refractivity contribution in [2.75, 3.05) is 25.1 Å². The SMILES string of the molecule is CCOC(=O)c1ccccc1NC(=O)c1oc2cccc(OCCCNC(C)(C)C)c2c1C. The summed E-state index contributed by atoms with van der Waals surface area (Å²) in [7, 11) is 0. The molecule has 0 atom stereocenters. The van der Waals surface area contributed by atoms with Crippen LogP contribution in [0.1, 0.15) is 60.6 Å². The molecule has 1 aromatic heterocycles. The first-order valence-electron chi connectivity index (χ1n) is 11.2. The van der Waals surface area contributed by atoms with Crippen LogP contribution in [0.15, 0.2) is 46.9 Å². The summed E-state index contributed by atoms with van der Waals surface area (Å²) < 4.78 is 17.0. The van der Waals surface area contributed by atoms with Crippen molar-refractivity contribution in [1.82, 2.24) is 5.32 Å². The fourth-order valence-electron chi connectivity index (χ4n) is 3.48. The van der Waals surface area contributed by atoms with Gasteiger partial charge in [0.05, 0.1) is 29.9 Å². The lowest BCUT2D eigenvalue weighted by atomic mass is 10.1. The number of esters is 1. The van der Waals surface area contributed by atoms with Gasteiger partial charge in [0.1, 0.15) is 11.3 Å². The number of para-hydroxylation sites is 1. The van der Waals surface area contributed by atoms with Crippen LogP contribution in [-0.2, 0) is 4.74 Å². The number of benzene rings is 2. The Labute approximate surface area is 194 Å². The second-order valence-electron chi connectivity index (χ2n) is 8.78. The summed E-state index contributed by atoms with van der Waals surface area (Å²) in [6.45, 7) is 11.6. The third-order valence-electron chi connectivity index (χ3n) is 5.03. The molecule has 1 amide bonds. The Bertz CT molecular complexity index is 1130. The summed E-state index contributed by atoms with van der Waals surface area (Å²) in [5.41, 5.74) is 1.97. The predicted molar refractivity (Wildman–Crippen MR) is 129 cm³/mol. The van der Waals surface area contributed by atoms with Gasteiger partial charge < -0.3 is 24.5 Å². The van der Waals surface area contributed by atoms with Crippen molar-refractivity contribution in [2.24, 2.45) is 0 Å². The lowest BCUT2D eigenvalue weighted by molar-refractivity contribution is 0.0527. The molecule has 2 N–H and O–H groups in total. The summed E-state index contributed by atoms with van der Waals surface area (Å²) in [4.78, 5) is 25.3. The summed E-state index contributed by atoms with van der Waals surface area (Å²) in [6, 6.07) is 12.2. The summed E-state index contributed by atoms with van der Waals surface area (Å²) >= 11 is 0. The van der Waals surface area contributed by atoms with Crippen molar-refractivity contribution in [3.8, 4) is 5.75 Å². The number of carbonyl (C=O) groups is 2. The van der Waals surface area contributed by atoms with E-state index in [-0.39, 0.29) is 23.5 Å². The molecule has 0 aliphatic carbocycles. The van der Waals surface area contributed by atoms with Gasteiger partial charge in [0, 0.05) is 11.1 Å². The van der Waals surface area contributed by atoms with Gasteiger partial charge in [-0.25, -0.2) is 4.79 Å². The molecule has 3 aromatic rings. The van der Waals surface area contributed by atoms with Crippen molar-refractivity contribution in [1.29, 1.82) is 0 Å². The van der Waals surface area contributed by atoms with E-state index < -0.39 is 11.9 Å². The second kappa shape index (κ2) is 10.5. The zero-order valence-electron chi connectivity index (χ0n) is 19.9. The van der Waals surface area contributed by atoms with Crippen molar-refractivity contribution in [2.45, 2.75) is 46.6 Å². The van der Waals surface area contributed by atoms with Crippen LogP contribution in [0.5, 0.6) is 5.75 Å². The minimum atomic E-state index is -0.494. The van der Waals surface area contributed by atoms with Crippen molar-refractivity contribution < 1.29 is 23.5 Å². The first-order valence-corrected chi connectivity index (χ1v) is 11.2. The molecule has 7 heteroatoms. The van der Waals surface area contributed by atoms with E-state index in [1.54, 1.807) is 37.3 Å². The van der Waals surface area contributed by atoms with E-state index in [1.165, 1.54) is 0 Å². The summed E-state index contributed by atoms with van der Waals surface area (Å²) in [5, 5.41) is 6.98. The first-order chi connectivity index (χ1) is 15.7. The van der Waals surface area contributed by atoms with Crippen molar-refractivity contribution >= 4 is 28.5 Å². The first kappa shape index (κ1) is 24.3. The largest absolute Gasteiger partial charge is 0.493 e. The lowest BCUT2D eigenvalue weighted by Gasteiger charge is -2.20. The highest BCUT2D eigenvalue weighted by atomic mass is 16.5. The molecule has 0 unspecified atom stereocenters. The Hall–Kier alpha value is -3.32. The number of ether oxygens (including phenoxy) is 2. The number of rotatable bonds is 9. The molecule has 0 saturated carbocycles. The van der Waals surface area contributed by atoms with E-state index in [1.807, 2.05) is 19.1 Å². The second-order valence-corrected chi connectivity index (χ2v) is 8.78. The van der Waals surface area contributed by atoms with Crippen LogP contribution in [-0.4, -0.2) is 37.2 Å². The van der Waals surface area contributed by atoms with Crippen LogP contribution >= 0.6 is 0 Å². The van der Waals surface area contributed by atoms with Gasteiger partial charge in [0.15, 0.2) is 5.76 Å². The molecule has 0 spiro atoms. The van der Waals surface area contributed by atoms with E-state index in [0.717, 1.165) is 18.4 Å². The number of hydrogen-bond acceptors (Lipinski definition) is 6. The van der Waals surface area contributed by atoms with E-state index in [4.69, 9.17) is 13.9 Å². The number of nitrogens with one attached hydrogen (secondary N) is 2. The molecule has 0 aliphatic heterocycles. The van der Waals surface area contributed by atoms with E-state index in [2.05, 4.69) is 31.4 Å². The Balaban J connectivity index is 1.77. The Morgan fingerprint density at radius 3 is 2.55 bits per heavy atom. The molecule has 0 aliphatic rings. The van der Waals surface area contributed by atoms with Gasteiger partial charge in [0.2, 0.25) is 0 Å². The Morgan fingerprint density at radius 2 is 1.82 bits per heavy atom. The van der Waals surface area contributed by atoms with Crippen LogP contribution in [0, 0.1) is 6.92 Å².